The predicted octanol–water partition coefficient (Wildman–Crippen LogP) is 5.08. The van der Waals surface area contributed by atoms with Gasteiger partial charge in [-0.15, -0.1) is 0 Å². The molecule has 0 nitrogen and oxygen atoms in total. The van der Waals surface area contributed by atoms with Crippen molar-refractivity contribution in [3.8, 4) is 0 Å². The van der Waals surface area contributed by atoms with Gasteiger partial charge in [0.25, 0.3) is 0 Å². The Bertz CT molecular complexity index is 380. The zero-order valence-electron chi connectivity index (χ0n) is 12.2. The average molecular weight is 444 g/mol. The molecule has 1 aromatic carbocycles. The molecule has 0 amide bonds. The molecule has 0 fully saturated rings. The van der Waals surface area contributed by atoms with E-state index in [1.54, 1.807) is 3.59 Å². The number of hydrogen-bond donors (Lipinski definition) is 0. The van der Waals surface area contributed by atoms with Crippen molar-refractivity contribution in [2.45, 2.75) is 33.6 Å². The Kier molecular flexibility index (Phi) is 5.22. The maximum absolute atomic E-state index is 4.51. The van der Waals surface area contributed by atoms with Crippen LogP contribution in [0.5, 0.6) is 0 Å². The summed E-state index contributed by atoms with van der Waals surface area (Å²) in [4.78, 5) is 15.1. The molecule has 0 spiro atoms. The molecule has 1 atom stereocenters. The van der Waals surface area contributed by atoms with Gasteiger partial charge in [-0.1, -0.05) is 0 Å². The van der Waals surface area contributed by atoms with Crippen molar-refractivity contribution in [2.75, 3.05) is 0 Å². The second-order valence-electron chi connectivity index (χ2n) is 6.98. The van der Waals surface area contributed by atoms with E-state index in [1.165, 1.54) is 5.56 Å². The number of benzene rings is 1. The van der Waals surface area contributed by atoms with Crippen LogP contribution in [-0.4, -0.2) is 36.8 Å². The van der Waals surface area contributed by atoms with E-state index in [0.717, 1.165) is 0 Å². The summed E-state index contributed by atoms with van der Waals surface area (Å²) in [5, 5.41) is 0. The van der Waals surface area contributed by atoms with E-state index in [1.807, 2.05) is 0 Å². The Morgan fingerprint density at radius 1 is 0.941 bits per heavy atom. The van der Waals surface area contributed by atoms with Gasteiger partial charge in [0.2, 0.25) is 0 Å². The molecular formula is C15H26Sn2. The molecule has 0 aliphatic heterocycles. The first-order valence-electron chi connectivity index (χ1n) is 6.38. The van der Waals surface area contributed by atoms with E-state index < -0.39 is 36.8 Å². The van der Waals surface area contributed by atoms with Gasteiger partial charge in [-0.2, -0.15) is 0 Å². The number of allylic oxidation sites excluding steroid dienone is 1. The van der Waals surface area contributed by atoms with Gasteiger partial charge in [0, 0.05) is 0 Å². The molecule has 0 heterocycles. The minimum absolute atomic E-state index is 0.710. The summed E-state index contributed by atoms with van der Waals surface area (Å²) in [6.07, 6.45) is 0. The summed E-state index contributed by atoms with van der Waals surface area (Å²) >= 11 is -4.02. The molecule has 0 radical (unpaired) electrons. The van der Waals surface area contributed by atoms with Crippen molar-refractivity contribution >= 4 is 36.8 Å². The monoisotopic (exact) mass is 446 g/mol. The van der Waals surface area contributed by atoms with E-state index in [9.17, 15) is 0 Å². The van der Waals surface area contributed by atoms with Crippen LogP contribution < -0.4 is 0 Å². The molecule has 0 aromatic heterocycles. The molecule has 0 aliphatic rings. The van der Waals surface area contributed by atoms with Crippen molar-refractivity contribution in [1.29, 1.82) is 0 Å². The van der Waals surface area contributed by atoms with Crippen molar-refractivity contribution in [1.82, 2.24) is 0 Å². The molecule has 94 valence electrons. The van der Waals surface area contributed by atoms with Crippen molar-refractivity contribution in [2.24, 2.45) is 0 Å². The van der Waals surface area contributed by atoms with Gasteiger partial charge in [0.15, 0.2) is 0 Å². The quantitative estimate of drug-likeness (QED) is 0.569. The fourth-order valence-corrected chi connectivity index (χ4v) is 28.2. The molecular weight excluding hydrogens is 418 g/mol. The molecule has 0 bridgehead atoms. The van der Waals surface area contributed by atoms with Gasteiger partial charge in [-0.3, -0.25) is 0 Å². The van der Waals surface area contributed by atoms with Crippen molar-refractivity contribution < 1.29 is 0 Å². The second-order valence-corrected chi connectivity index (χ2v) is 36.8. The number of hydrogen-bond acceptors (Lipinski definition) is 0. The fourth-order valence-electron chi connectivity index (χ4n) is 2.30. The van der Waals surface area contributed by atoms with Crippen molar-refractivity contribution in [3.63, 3.8) is 0 Å². The summed E-state index contributed by atoms with van der Waals surface area (Å²) in [5.74, 6) is 0. The van der Waals surface area contributed by atoms with Gasteiger partial charge < -0.3 is 0 Å². The van der Waals surface area contributed by atoms with Crippen molar-refractivity contribution in [3.05, 3.63) is 46.1 Å². The Morgan fingerprint density at radius 3 is 1.76 bits per heavy atom. The van der Waals surface area contributed by atoms with E-state index in [4.69, 9.17) is 0 Å². The van der Waals surface area contributed by atoms with Crippen LogP contribution in [0.1, 0.15) is 9.50 Å². The molecule has 1 unspecified atom stereocenters. The summed E-state index contributed by atoms with van der Waals surface area (Å²) in [5.41, 5.74) is 1.52. The molecule has 0 saturated carbocycles. The third-order valence-corrected chi connectivity index (χ3v) is 18.9. The van der Waals surface area contributed by atoms with Crippen LogP contribution in [0.15, 0.2) is 40.5 Å². The van der Waals surface area contributed by atoms with Crippen LogP contribution in [0.2, 0.25) is 29.6 Å². The topological polar surface area (TPSA) is 0 Å². The van der Waals surface area contributed by atoms with Crippen LogP contribution in [-0.2, 0) is 0 Å². The normalized spacial score (nSPS) is 14.5. The first-order valence-corrected chi connectivity index (χ1v) is 26.6. The SMILES string of the molecule is C=[C]([CH](c1ccccc1)[Sn]([CH3])([CH3])[CH3])[Sn]([CH3])([CH3])[CH3]. The second kappa shape index (κ2) is 5.68. The Hall–Kier alpha value is 0.557. The van der Waals surface area contributed by atoms with Gasteiger partial charge in [-0.25, -0.2) is 0 Å². The Labute approximate surface area is 115 Å². The Balaban J connectivity index is 3.20. The van der Waals surface area contributed by atoms with Gasteiger partial charge in [0.1, 0.15) is 0 Å². The zero-order chi connectivity index (χ0) is 13.3. The molecule has 2 heteroatoms. The summed E-state index contributed by atoms with van der Waals surface area (Å²) < 4.78 is 2.33. The van der Waals surface area contributed by atoms with Gasteiger partial charge in [0.05, 0.1) is 0 Å². The van der Waals surface area contributed by atoms with Crippen LogP contribution in [0.25, 0.3) is 0 Å². The van der Waals surface area contributed by atoms with Gasteiger partial charge >= 0.3 is 116 Å². The van der Waals surface area contributed by atoms with E-state index in [0.29, 0.717) is 3.93 Å². The predicted molar refractivity (Wildman–Crippen MR) is 85.0 cm³/mol. The summed E-state index contributed by atoms with van der Waals surface area (Å²) in [7, 11) is 0. The zero-order valence-corrected chi connectivity index (χ0v) is 17.9. The van der Waals surface area contributed by atoms with E-state index >= 15 is 0 Å². The standard InChI is InChI=1S/C9H8.6CH3.2Sn/c1-2-6-9-7-4-3-5-8-9;;;;;;;;/h3-8H,1H2;6*1H3;;. The first-order chi connectivity index (χ1) is 7.64. The van der Waals surface area contributed by atoms with Crippen LogP contribution in [0.3, 0.4) is 0 Å². The molecule has 17 heavy (non-hydrogen) atoms. The van der Waals surface area contributed by atoms with Gasteiger partial charge in [-0.05, 0) is 0 Å². The van der Waals surface area contributed by atoms with E-state index in [2.05, 4.69) is 66.5 Å². The number of rotatable bonds is 4. The maximum atomic E-state index is 4.51. The molecule has 0 saturated heterocycles. The average Bonchev–Trinajstić information content (AvgIpc) is 2.15. The molecule has 0 aliphatic carbocycles. The fraction of sp³-hybridized carbons (Fsp3) is 0.467. The molecule has 1 aromatic rings. The van der Waals surface area contributed by atoms with Crippen LogP contribution in [0, 0.1) is 0 Å². The van der Waals surface area contributed by atoms with E-state index in [-0.39, 0.29) is 0 Å². The Morgan fingerprint density at radius 2 is 1.41 bits per heavy atom. The van der Waals surface area contributed by atoms with Crippen LogP contribution in [0.4, 0.5) is 0 Å². The molecule has 1 rings (SSSR count). The third-order valence-electron chi connectivity index (χ3n) is 3.31. The minimum atomic E-state index is -2.02. The van der Waals surface area contributed by atoms with Crippen LogP contribution >= 0.6 is 0 Å². The molecule has 0 N–H and O–H groups in total. The third kappa shape index (κ3) is 4.30. The summed E-state index contributed by atoms with van der Waals surface area (Å²) in [6.45, 7) is 4.51. The first kappa shape index (κ1) is 15.6. The summed E-state index contributed by atoms with van der Waals surface area (Å²) in [6, 6.07) is 11.1.